The average Bonchev–Trinajstić information content (AvgIpc) is 3.29. The van der Waals surface area contributed by atoms with Gasteiger partial charge in [-0.1, -0.05) is 12.5 Å². The number of amides is 1. The van der Waals surface area contributed by atoms with E-state index in [1.54, 1.807) is 18.1 Å². The standard InChI is InChI=1S/C23H26N4O2/c1-14(2)27-13-25-19-10-21(29-12-15-5-4-6-15)17(9-20(19)27)18-11-26(3)23(28)22-16(18)7-8-24-22/h7-11,13-16H,4-6,12H2,1-3H3. The molecule has 2 aromatic rings. The summed E-state index contributed by atoms with van der Waals surface area (Å²) in [5, 5.41) is 0. The fourth-order valence-electron chi connectivity index (χ4n) is 4.26. The molecule has 1 amide bonds. The van der Waals surface area contributed by atoms with Crippen LogP contribution in [0.4, 0.5) is 0 Å². The van der Waals surface area contributed by atoms with Gasteiger partial charge in [0.05, 0.1) is 29.9 Å². The van der Waals surface area contributed by atoms with E-state index in [1.807, 2.05) is 18.6 Å². The fraction of sp³-hybridized carbons (Fsp3) is 0.435. The zero-order valence-corrected chi connectivity index (χ0v) is 17.1. The van der Waals surface area contributed by atoms with Crippen LogP contribution in [0.3, 0.4) is 0 Å². The van der Waals surface area contributed by atoms with E-state index >= 15 is 0 Å². The average molecular weight is 390 g/mol. The summed E-state index contributed by atoms with van der Waals surface area (Å²) in [5.41, 5.74) is 4.64. The molecule has 1 atom stereocenters. The molecule has 150 valence electrons. The van der Waals surface area contributed by atoms with Crippen LogP contribution in [0, 0.1) is 11.8 Å². The van der Waals surface area contributed by atoms with Gasteiger partial charge in [0, 0.05) is 37.1 Å². The highest BCUT2D eigenvalue weighted by atomic mass is 16.5. The van der Waals surface area contributed by atoms with Gasteiger partial charge in [-0.25, -0.2) is 4.98 Å². The van der Waals surface area contributed by atoms with E-state index in [2.05, 4.69) is 40.5 Å². The van der Waals surface area contributed by atoms with Crippen LogP contribution in [-0.4, -0.2) is 39.7 Å². The molecule has 0 bridgehead atoms. The molecule has 2 aliphatic heterocycles. The van der Waals surface area contributed by atoms with Crippen molar-refractivity contribution in [2.45, 2.75) is 39.2 Å². The lowest BCUT2D eigenvalue weighted by Gasteiger charge is -2.29. The normalized spacial score (nSPS) is 21.4. The van der Waals surface area contributed by atoms with Gasteiger partial charge in [-0.2, -0.15) is 0 Å². The molecule has 3 heterocycles. The Hall–Kier alpha value is -2.89. The highest BCUT2D eigenvalue weighted by Crippen LogP contribution is 2.40. The summed E-state index contributed by atoms with van der Waals surface area (Å²) in [6.45, 7) is 5.03. The maximum Gasteiger partial charge on any atom is 0.272 e. The lowest BCUT2D eigenvalue weighted by Crippen LogP contribution is -2.37. The van der Waals surface area contributed by atoms with Crippen LogP contribution >= 0.6 is 0 Å². The van der Waals surface area contributed by atoms with Crippen molar-refractivity contribution in [3.8, 4) is 5.75 Å². The zero-order valence-electron chi connectivity index (χ0n) is 17.1. The first-order valence-corrected chi connectivity index (χ1v) is 10.4. The van der Waals surface area contributed by atoms with Gasteiger partial charge in [-0.15, -0.1) is 0 Å². The first-order chi connectivity index (χ1) is 14.0. The molecule has 1 aliphatic carbocycles. The van der Waals surface area contributed by atoms with Crippen molar-refractivity contribution in [2.75, 3.05) is 13.7 Å². The zero-order chi connectivity index (χ0) is 20.1. The van der Waals surface area contributed by atoms with Gasteiger partial charge in [0.1, 0.15) is 11.5 Å². The molecule has 1 fully saturated rings. The van der Waals surface area contributed by atoms with Gasteiger partial charge in [-0.05, 0) is 44.2 Å². The van der Waals surface area contributed by atoms with Crippen molar-refractivity contribution >= 4 is 28.2 Å². The van der Waals surface area contributed by atoms with Crippen molar-refractivity contribution < 1.29 is 9.53 Å². The number of imidazole rings is 1. The predicted molar refractivity (Wildman–Crippen MR) is 114 cm³/mol. The highest BCUT2D eigenvalue weighted by Gasteiger charge is 2.35. The summed E-state index contributed by atoms with van der Waals surface area (Å²) in [6.07, 6.45) is 11.3. The lowest BCUT2D eigenvalue weighted by molar-refractivity contribution is -0.121. The Morgan fingerprint density at radius 1 is 1.28 bits per heavy atom. The van der Waals surface area contributed by atoms with Crippen LogP contribution in [0.5, 0.6) is 5.75 Å². The number of allylic oxidation sites excluding steroid dienone is 2. The second kappa shape index (κ2) is 6.87. The molecule has 1 aromatic carbocycles. The van der Waals surface area contributed by atoms with E-state index in [1.165, 1.54) is 19.3 Å². The monoisotopic (exact) mass is 390 g/mol. The van der Waals surface area contributed by atoms with Crippen LogP contribution in [0.1, 0.15) is 44.7 Å². The molecular formula is C23H26N4O2. The van der Waals surface area contributed by atoms with Gasteiger partial charge in [-0.3, -0.25) is 9.79 Å². The fourth-order valence-corrected chi connectivity index (χ4v) is 4.26. The van der Waals surface area contributed by atoms with Gasteiger partial charge in [0.15, 0.2) is 0 Å². The van der Waals surface area contributed by atoms with Crippen LogP contribution in [0.2, 0.25) is 0 Å². The van der Waals surface area contributed by atoms with Crippen molar-refractivity contribution in [1.29, 1.82) is 0 Å². The Bertz CT molecular complexity index is 1070. The van der Waals surface area contributed by atoms with Crippen molar-refractivity contribution in [1.82, 2.24) is 14.5 Å². The quantitative estimate of drug-likeness (QED) is 0.769. The minimum absolute atomic E-state index is 0.0472. The van der Waals surface area contributed by atoms with Gasteiger partial charge in [0.2, 0.25) is 0 Å². The maximum atomic E-state index is 12.5. The predicted octanol–water partition coefficient (Wildman–Crippen LogP) is 4.19. The molecule has 6 nitrogen and oxygen atoms in total. The van der Waals surface area contributed by atoms with Crippen LogP contribution in [0.15, 0.2) is 41.9 Å². The number of ether oxygens (including phenoxy) is 1. The van der Waals surface area contributed by atoms with Crippen molar-refractivity contribution in [3.63, 3.8) is 0 Å². The van der Waals surface area contributed by atoms with Gasteiger partial charge >= 0.3 is 0 Å². The number of rotatable bonds is 5. The van der Waals surface area contributed by atoms with Crippen molar-refractivity contribution in [2.24, 2.45) is 16.8 Å². The third-order valence-electron chi connectivity index (χ3n) is 6.24. The third-order valence-corrected chi connectivity index (χ3v) is 6.24. The maximum absolute atomic E-state index is 12.5. The van der Waals surface area contributed by atoms with Crippen LogP contribution < -0.4 is 4.74 Å². The molecule has 0 spiro atoms. The second-order valence-electron chi connectivity index (χ2n) is 8.52. The number of benzene rings is 1. The Morgan fingerprint density at radius 2 is 2.10 bits per heavy atom. The molecular weight excluding hydrogens is 364 g/mol. The Kier molecular flexibility index (Phi) is 4.30. The summed E-state index contributed by atoms with van der Waals surface area (Å²) in [4.78, 5) is 23.1. The molecule has 3 aliphatic rings. The van der Waals surface area contributed by atoms with E-state index in [0.717, 1.165) is 34.5 Å². The highest BCUT2D eigenvalue weighted by molar-refractivity contribution is 6.44. The molecule has 1 aromatic heterocycles. The Morgan fingerprint density at radius 3 is 2.83 bits per heavy atom. The van der Waals surface area contributed by atoms with E-state index in [4.69, 9.17) is 4.74 Å². The number of aliphatic imine (C=N–C) groups is 1. The number of carbonyl (C=O) groups is 1. The number of hydrogen-bond donors (Lipinski definition) is 0. The first kappa shape index (κ1) is 18.2. The number of fused-ring (bicyclic) bond motifs is 2. The Balaban J connectivity index is 1.64. The second-order valence-corrected chi connectivity index (χ2v) is 8.52. The van der Waals surface area contributed by atoms with Crippen LogP contribution in [-0.2, 0) is 4.79 Å². The summed E-state index contributed by atoms with van der Waals surface area (Å²) in [5.74, 6) is 1.30. The number of carbonyl (C=O) groups excluding carboxylic acids is 1. The number of aromatic nitrogens is 2. The first-order valence-electron chi connectivity index (χ1n) is 10.4. The number of nitrogens with zero attached hydrogens (tertiary/aromatic N) is 4. The molecule has 0 N–H and O–H groups in total. The summed E-state index contributed by atoms with van der Waals surface area (Å²) in [6, 6.07) is 4.52. The molecule has 1 unspecified atom stereocenters. The summed E-state index contributed by atoms with van der Waals surface area (Å²) >= 11 is 0. The van der Waals surface area contributed by atoms with Gasteiger partial charge < -0.3 is 14.2 Å². The lowest BCUT2D eigenvalue weighted by atomic mass is 9.85. The van der Waals surface area contributed by atoms with Crippen LogP contribution in [0.25, 0.3) is 16.6 Å². The van der Waals surface area contributed by atoms with E-state index in [-0.39, 0.29) is 11.8 Å². The molecule has 29 heavy (non-hydrogen) atoms. The molecule has 5 rings (SSSR count). The Labute approximate surface area is 170 Å². The molecule has 0 radical (unpaired) electrons. The minimum atomic E-state index is -0.127. The third kappa shape index (κ3) is 2.98. The van der Waals surface area contributed by atoms with Gasteiger partial charge in [0.25, 0.3) is 5.91 Å². The van der Waals surface area contributed by atoms with Crippen molar-refractivity contribution in [3.05, 3.63) is 42.5 Å². The minimum Gasteiger partial charge on any atom is -0.493 e. The van der Waals surface area contributed by atoms with E-state index < -0.39 is 0 Å². The largest absolute Gasteiger partial charge is 0.493 e. The smallest absolute Gasteiger partial charge is 0.272 e. The molecule has 1 saturated carbocycles. The SMILES string of the molecule is CC(C)n1cnc2cc(OCC3CCC3)c(C3=CN(C)C(=O)C4=NC=CC34)cc21. The topological polar surface area (TPSA) is 59.7 Å². The van der Waals surface area contributed by atoms with E-state index in [9.17, 15) is 4.79 Å². The number of hydrogen-bond acceptors (Lipinski definition) is 4. The summed E-state index contributed by atoms with van der Waals surface area (Å²) < 4.78 is 8.50. The summed E-state index contributed by atoms with van der Waals surface area (Å²) in [7, 11) is 1.78. The molecule has 0 saturated heterocycles. The van der Waals surface area contributed by atoms with E-state index in [0.29, 0.717) is 17.7 Å². The molecule has 6 heteroatoms.